The third-order valence-electron chi connectivity index (χ3n) is 7.58. The maximum absolute atomic E-state index is 13.8. The van der Waals surface area contributed by atoms with Crippen molar-refractivity contribution in [3.05, 3.63) is 47.8 Å². The first kappa shape index (κ1) is 27.3. The molecule has 2 bridgehead atoms. The van der Waals surface area contributed by atoms with Crippen molar-refractivity contribution >= 4 is 16.0 Å². The van der Waals surface area contributed by atoms with Gasteiger partial charge < -0.3 is 19.3 Å². The van der Waals surface area contributed by atoms with Gasteiger partial charge in [-0.25, -0.2) is 18.4 Å². The van der Waals surface area contributed by atoms with E-state index in [-0.39, 0.29) is 41.7 Å². The molecule has 210 valence electrons. The zero-order chi connectivity index (χ0) is 28.1. The molecule has 0 saturated heterocycles. The van der Waals surface area contributed by atoms with Gasteiger partial charge in [0.05, 0.1) is 26.4 Å². The maximum Gasteiger partial charge on any atom is 0.243 e. The average Bonchev–Trinajstić information content (AvgIpc) is 3.26. The van der Waals surface area contributed by atoms with Crippen LogP contribution in [-0.4, -0.2) is 69.9 Å². The van der Waals surface area contributed by atoms with Gasteiger partial charge in [0, 0.05) is 18.3 Å². The molecule has 0 aliphatic heterocycles. The molecule has 2 aromatic heterocycles. The standard InChI is InChI=1S/C26H34N6O6S/c1-13(2)38-23(24-27-11-14(3)12-28-24)15(4)39(34,35)31-26-30-29-25(20-16-10-17(20)22(16)33)32(26)21-18(36-5)8-7-9-19(21)37-6/h7-9,11-13,15-17,20,22-23,33H,10H2,1-6H3,(H,30,31)/t15-,16-,17+,20?,22?,23+/m0/s1. The highest BCUT2D eigenvalue weighted by molar-refractivity contribution is 7.93. The molecule has 3 aliphatic carbocycles. The summed E-state index contributed by atoms with van der Waals surface area (Å²) in [5, 5.41) is 17.8. The number of nitrogens with one attached hydrogen (secondary N) is 1. The molecule has 0 radical (unpaired) electrons. The number of aliphatic hydroxyl groups excluding tert-OH is 1. The quantitative estimate of drug-likeness (QED) is 0.359. The van der Waals surface area contributed by atoms with E-state index in [1.165, 1.54) is 14.2 Å². The van der Waals surface area contributed by atoms with E-state index in [0.717, 1.165) is 12.0 Å². The average molecular weight is 559 g/mol. The summed E-state index contributed by atoms with van der Waals surface area (Å²) in [7, 11) is -1.07. The molecule has 13 heteroatoms. The van der Waals surface area contributed by atoms with Gasteiger partial charge in [-0.1, -0.05) is 6.07 Å². The Bertz CT molecular complexity index is 1410. The first-order chi connectivity index (χ1) is 18.6. The van der Waals surface area contributed by atoms with E-state index in [1.54, 1.807) is 42.1 Å². The van der Waals surface area contributed by atoms with Crippen LogP contribution in [0.25, 0.3) is 5.69 Å². The Morgan fingerprint density at radius 3 is 2.18 bits per heavy atom. The van der Waals surface area contributed by atoms with Gasteiger partial charge in [0.2, 0.25) is 16.0 Å². The Morgan fingerprint density at radius 1 is 1.05 bits per heavy atom. The lowest BCUT2D eigenvalue weighted by molar-refractivity contribution is -0.178. The van der Waals surface area contributed by atoms with Crippen molar-refractivity contribution in [3.63, 3.8) is 0 Å². The summed E-state index contributed by atoms with van der Waals surface area (Å²) in [4.78, 5) is 8.66. The van der Waals surface area contributed by atoms with Gasteiger partial charge >= 0.3 is 0 Å². The fourth-order valence-electron chi connectivity index (χ4n) is 5.25. The first-order valence-electron chi connectivity index (χ1n) is 12.9. The number of benzene rings is 1. The molecular weight excluding hydrogens is 524 g/mol. The van der Waals surface area contributed by atoms with Crippen LogP contribution in [0.2, 0.25) is 0 Å². The number of nitrogens with zero attached hydrogens (tertiary/aromatic N) is 5. The molecule has 2 N–H and O–H groups in total. The van der Waals surface area contributed by atoms with Gasteiger partial charge in [-0.2, -0.15) is 0 Å². The summed E-state index contributed by atoms with van der Waals surface area (Å²) >= 11 is 0. The number of aromatic nitrogens is 5. The van der Waals surface area contributed by atoms with Gasteiger partial charge in [-0.15, -0.1) is 10.2 Å². The van der Waals surface area contributed by atoms with Crippen LogP contribution in [-0.2, 0) is 14.8 Å². The number of methoxy groups -OCH3 is 2. The summed E-state index contributed by atoms with van der Waals surface area (Å²) in [5.74, 6) is 1.72. The maximum atomic E-state index is 13.8. The van der Waals surface area contributed by atoms with Crippen LogP contribution < -0.4 is 14.2 Å². The summed E-state index contributed by atoms with van der Waals surface area (Å²) in [6, 6.07) is 5.28. The van der Waals surface area contributed by atoms with Gasteiger partial charge in [0.25, 0.3) is 0 Å². The molecule has 3 saturated carbocycles. The van der Waals surface area contributed by atoms with E-state index >= 15 is 0 Å². The minimum atomic E-state index is -4.11. The number of sulfonamides is 1. The van der Waals surface area contributed by atoms with Crippen LogP contribution in [0.3, 0.4) is 0 Å². The summed E-state index contributed by atoms with van der Waals surface area (Å²) in [5.41, 5.74) is 1.31. The second kappa shape index (κ2) is 10.4. The highest BCUT2D eigenvalue weighted by atomic mass is 32.2. The van der Waals surface area contributed by atoms with E-state index in [2.05, 4.69) is 24.9 Å². The van der Waals surface area contributed by atoms with Crippen molar-refractivity contribution in [3.8, 4) is 17.2 Å². The van der Waals surface area contributed by atoms with Crippen LogP contribution in [0.15, 0.2) is 30.6 Å². The zero-order valence-electron chi connectivity index (χ0n) is 22.8. The van der Waals surface area contributed by atoms with E-state index < -0.39 is 21.4 Å². The monoisotopic (exact) mass is 558 g/mol. The highest BCUT2D eigenvalue weighted by Gasteiger charge is 2.63. The Morgan fingerprint density at radius 2 is 1.67 bits per heavy atom. The summed E-state index contributed by atoms with van der Waals surface area (Å²) in [6.45, 7) is 7.04. The minimum absolute atomic E-state index is 0.0199. The number of aliphatic hydroxyl groups is 1. The molecule has 6 atom stereocenters. The SMILES string of the molecule is COc1cccc(OC)c1-n1c(NS(=O)(=O)[C@@H](C)[C@@H](OC(C)C)c2ncc(C)cn2)nnc1C1[C@@H]2C[C@H]1C2O. The molecule has 3 fully saturated rings. The van der Waals surface area contributed by atoms with Crippen LogP contribution in [0.5, 0.6) is 11.5 Å². The van der Waals surface area contributed by atoms with Gasteiger partial charge in [0.15, 0.2) is 5.82 Å². The normalized spacial score (nSPS) is 23.5. The van der Waals surface area contributed by atoms with Crippen molar-refractivity contribution in [2.24, 2.45) is 11.8 Å². The second-order valence-corrected chi connectivity index (χ2v) is 12.4. The molecule has 0 spiro atoms. The van der Waals surface area contributed by atoms with Crippen LogP contribution in [0.1, 0.15) is 56.4 Å². The van der Waals surface area contributed by atoms with Crippen molar-refractivity contribution < 1.29 is 27.7 Å². The fraction of sp³-hybridized carbons (Fsp3) is 0.538. The molecule has 39 heavy (non-hydrogen) atoms. The number of aryl methyl sites for hydroxylation is 1. The van der Waals surface area contributed by atoms with Gasteiger partial charge in [0.1, 0.15) is 34.4 Å². The molecule has 0 amide bonds. The Hall–Kier alpha value is -3.29. The fourth-order valence-corrected chi connectivity index (χ4v) is 6.33. The van der Waals surface area contributed by atoms with Crippen LogP contribution in [0.4, 0.5) is 5.95 Å². The molecule has 3 aliphatic rings. The lowest BCUT2D eigenvalue weighted by Crippen LogP contribution is -2.62. The summed E-state index contributed by atoms with van der Waals surface area (Å²) in [6.07, 6.45) is 2.55. The highest BCUT2D eigenvalue weighted by Crippen LogP contribution is 2.63. The lowest BCUT2D eigenvalue weighted by atomic mass is 9.45. The number of rotatable bonds is 11. The summed E-state index contributed by atoms with van der Waals surface area (Å²) < 4.78 is 49.1. The van der Waals surface area contributed by atoms with Crippen LogP contribution >= 0.6 is 0 Å². The third-order valence-corrected chi connectivity index (χ3v) is 9.27. The Labute approximate surface area is 227 Å². The topological polar surface area (TPSA) is 151 Å². The molecule has 2 heterocycles. The number of hydrogen-bond acceptors (Lipinski definition) is 10. The largest absolute Gasteiger partial charge is 0.494 e. The van der Waals surface area contributed by atoms with E-state index in [1.807, 2.05) is 20.8 Å². The molecule has 12 nitrogen and oxygen atoms in total. The van der Waals surface area contributed by atoms with Crippen molar-refractivity contribution in [1.29, 1.82) is 0 Å². The second-order valence-electron chi connectivity index (χ2n) is 10.4. The van der Waals surface area contributed by atoms with Gasteiger partial charge in [-0.05, 0) is 63.6 Å². The number of hydrogen-bond donors (Lipinski definition) is 2. The predicted octanol–water partition coefficient (Wildman–Crippen LogP) is 2.77. The van der Waals surface area contributed by atoms with Crippen molar-refractivity contribution in [1.82, 2.24) is 24.7 Å². The number of anilines is 1. The van der Waals surface area contributed by atoms with Crippen molar-refractivity contribution in [2.75, 3.05) is 18.9 Å². The van der Waals surface area contributed by atoms with E-state index in [4.69, 9.17) is 14.2 Å². The van der Waals surface area contributed by atoms with E-state index in [0.29, 0.717) is 23.0 Å². The molecule has 1 aromatic carbocycles. The van der Waals surface area contributed by atoms with E-state index in [9.17, 15) is 13.5 Å². The number of ether oxygens (including phenoxy) is 3. The number of para-hydroxylation sites is 1. The Kier molecular flexibility index (Phi) is 7.25. The molecular formula is C26H34N6O6S. The zero-order valence-corrected chi connectivity index (χ0v) is 23.6. The molecule has 2 unspecified atom stereocenters. The van der Waals surface area contributed by atoms with Crippen LogP contribution in [0, 0.1) is 18.8 Å². The first-order valence-corrected chi connectivity index (χ1v) is 14.4. The predicted molar refractivity (Wildman–Crippen MR) is 143 cm³/mol. The molecule has 3 aromatic rings. The minimum Gasteiger partial charge on any atom is -0.494 e. The smallest absolute Gasteiger partial charge is 0.243 e. The lowest BCUT2D eigenvalue weighted by Gasteiger charge is -2.61. The third kappa shape index (κ3) is 4.72. The Balaban J connectivity index is 1.56. The van der Waals surface area contributed by atoms with Gasteiger partial charge in [-0.3, -0.25) is 9.29 Å². The van der Waals surface area contributed by atoms with Crippen molar-refractivity contribution in [2.45, 2.75) is 63.6 Å². The molecule has 6 rings (SSSR count).